The largest absolute Gasteiger partial charge is 0.492 e. The third-order valence-corrected chi connectivity index (χ3v) is 4.45. The lowest BCUT2D eigenvalue weighted by molar-refractivity contribution is -0.128. The summed E-state index contributed by atoms with van der Waals surface area (Å²) in [6.07, 6.45) is 1.54. The van der Waals surface area contributed by atoms with Crippen molar-refractivity contribution in [1.82, 2.24) is 10.2 Å². The number of carbonyl (C=O) groups excluding carboxylic acids is 2. The van der Waals surface area contributed by atoms with E-state index in [1.807, 2.05) is 29.2 Å². The van der Waals surface area contributed by atoms with Crippen LogP contribution in [-0.4, -0.2) is 36.5 Å². The van der Waals surface area contributed by atoms with Crippen molar-refractivity contribution in [2.75, 3.05) is 25.0 Å². The van der Waals surface area contributed by atoms with Gasteiger partial charge in [-0.15, -0.1) is 0 Å². The summed E-state index contributed by atoms with van der Waals surface area (Å²) in [6.45, 7) is 2.10. The van der Waals surface area contributed by atoms with Gasteiger partial charge < -0.3 is 20.3 Å². The molecular weight excluding hydrogens is 366 g/mol. The van der Waals surface area contributed by atoms with E-state index in [-0.39, 0.29) is 11.9 Å². The molecule has 1 aliphatic heterocycles. The molecule has 0 atom stereocenters. The van der Waals surface area contributed by atoms with E-state index in [2.05, 4.69) is 10.6 Å². The lowest BCUT2D eigenvalue weighted by atomic mass is 10.2. The summed E-state index contributed by atoms with van der Waals surface area (Å²) in [5, 5.41) is 6.19. The standard InChI is InChI=1S/C20H22ClN3O3/c21-16-6-8-18(9-7-16)27-12-10-22-20(26)23-17-4-1-3-15(13-17)14-24-11-2-5-19(24)25/h1,3-4,6-9,13H,2,5,10-12,14H2,(H2,22,23,26). The lowest BCUT2D eigenvalue weighted by Gasteiger charge is -2.16. The quantitative estimate of drug-likeness (QED) is 0.712. The van der Waals surface area contributed by atoms with Gasteiger partial charge in [0.25, 0.3) is 0 Å². The normalized spacial score (nSPS) is 13.5. The highest BCUT2D eigenvalue weighted by molar-refractivity contribution is 6.30. The molecule has 1 fully saturated rings. The zero-order valence-electron chi connectivity index (χ0n) is 14.9. The van der Waals surface area contributed by atoms with Crippen LogP contribution in [0, 0.1) is 0 Å². The fourth-order valence-corrected chi connectivity index (χ4v) is 3.00. The Labute approximate surface area is 163 Å². The van der Waals surface area contributed by atoms with Crippen LogP contribution in [-0.2, 0) is 11.3 Å². The number of nitrogens with one attached hydrogen (secondary N) is 2. The number of ether oxygens (including phenoxy) is 1. The fourth-order valence-electron chi connectivity index (χ4n) is 2.88. The van der Waals surface area contributed by atoms with Gasteiger partial charge in [-0.1, -0.05) is 23.7 Å². The lowest BCUT2D eigenvalue weighted by Crippen LogP contribution is -2.32. The Morgan fingerprint density at radius 1 is 1.19 bits per heavy atom. The number of amides is 3. The van der Waals surface area contributed by atoms with Crippen LogP contribution in [0.4, 0.5) is 10.5 Å². The summed E-state index contributed by atoms with van der Waals surface area (Å²) in [5.41, 5.74) is 1.68. The number of rotatable bonds is 7. The number of hydrogen-bond acceptors (Lipinski definition) is 3. The Balaban J connectivity index is 1.41. The second-order valence-electron chi connectivity index (χ2n) is 6.30. The second-order valence-corrected chi connectivity index (χ2v) is 6.74. The van der Waals surface area contributed by atoms with E-state index in [9.17, 15) is 9.59 Å². The van der Waals surface area contributed by atoms with E-state index >= 15 is 0 Å². The Morgan fingerprint density at radius 3 is 2.74 bits per heavy atom. The minimum absolute atomic E-state index is 0.187. The summed E-state index contributed by atoms with van der Waals surface area (Å²) in [4.78, 5) is 25.6. The summed E-state index contributed by atoms with van der Waals surface area (Å²) in [5.74, 6) is 0.887. The maximum atomic E-state index is 12.0. The van der Waals surface area contributed by atoms with E-state index in [0.717, 1.165) is 18.5 Å². The van der Waals surface area contributed by atoms with Gasteiger partial charge in [-0.05, 0) is 48.4 Å². The molecule has 0 spiro atoms. The van der Waals surface area contributed by atoms with Crippen LogP contribution in [0.15, 0.2) is 48.5 Å². The van der Waals surface area contributed by atoms with Crippen LogP contribution in [0.2, 0.25) is 5.02 Å². The molecule has 3 amide bonds. The molecule has 0 aliphatic carbocycles. The number of anilines is 1. The summed E-state index contributed by atoms with van der Waals surface area (Å²) < 4.78 is 5.53. The number of halogens is 1. The van der Waals surface area contributed by atoms with E-state index in [1.165, 1.54) is 0 Å². The third kappa shape index (κ3) is 5.89. The van der Waals surface area contributed by atoms with Crippen molar-refractivity contribution in [3.8, 4) is 5.75 Å². The summed E-state index contributed by atoms with van der Waals surface area (Å²) in [7, 11) is 0. The second kappa shape index (κ2) is 9.28. The van der Waals surface area contributed by atoms with Crippen molar-refractivity contribution in [2.45, 2.75) is 19.4 Å². The third-order valence-electron chi connectivity index (χ3n) is 4.20. The zero-order valence-corrected chi connectivity index (χ0v) is 15.7. The Bertz CT molecular complexity index is 795. The van der Waals surface area contributed by atoms with E-state index < -0.39 is 0 Å². The number of carbonyl (C=O) groups is 2. The first-order valence-electron chi connectivity index (χ1n) is 8.90. The molecule has 6 nitrogen and oxygen atoms in total. The van der Waals surface area contributed by atoms with Crippen molar-refractivity contribution in [3.05, 3.63) is 59.1 Å². The van der Waals surface area contributed by atoms with Gasteiger partial charge in [-0.2, -0.15) is 0 Å². The molecule has 0 saturated carbocycles. The topological polar surface area (TPSA) is 70.7 Å². The molecule has 142 valence electrons. The molecule has 27 heavy (non-hydrogen) atoms. The van der Waals surface area contributed by atoms with E-state index in [1.54, 1.807) is 24.3 Å². The molecule has 3 rings (SSSR count). The van der Waals surface area contributed by atoms with Crippen LogP contribution < -0.4 is 15.4 Å². The zero-order chi connectivity index (χ0) is 19.1. The molecule has 2 aromatic rings. The maximum absolute atomic E-state index is 12.0. The van der Waals surface area contributed by atoms with Gasteiger partial charge in [0, 0.05) is 30.2 Å². The first kappa shape index (κ1) is 19.0. The first-order valence-corrected chi connectivity index (χ1v) is 9.28. The fraction of sp³-hybridized carbons (Fsp3) is 0.300. The van der Waals surface area contributed by atoms with Crippen molar-refractivity contribution in [1.29, 1.82) is 0 Å². The highest BCUT2D eigenvalue weighted by Gasteiger charge is 2.19. The molecule has 0 aromatic heterocycles. The van der Waals surface area contributed by atoms with Crippen molar-refractivity contribution >= 4 is 29.2 Å². The van der Waals surface area contributed by atoms with E-state index in [0.29, 0.717) is 42.6 Å². The van der Waals surface area contributed by atoms with Gasteiger partial charge in [0.2, 0.25) is 5.91 Å². The molecule has 0 radical (unpaired) electrons. The van der Waals surface area contributed by atoms with Gasteiger partial charge in [-0.3, -0.25) is 4.79 Å². The average molecular weight is 388 g/mol. The highest BCUT2D eigenvalue weighted by atomic mass is 35.5. The molecule has 0 unspecified atom stereocenters. The molecular formula is C20H22ClN3O3. The van der Waals surface area contributed by atoms with Gasteiger partial charge >= 0.3 is 6.03 Å². The van der Waals surface area contributed by atoms with Gasteiger partial charge in [0.05, 0.1) is 6.54 Å². The van der Waals surface area contributed by atoms with Gasteiger partial charge in [-0.25, -0.2) is 4.79 Å². The number of nitrogens with zero attached hydrogens (tertiary/aromatic N) is 1. The van der Waals surface area contributed by atoms with Gasteiger partial charge in [0.1, 0.15) is 12.4 Å². The Morgan fingerprint density at radius 2 is 2.00 bits per heavy atom. The van der Waals surface area contributed by atoms with Crippen LogP contribution in [0.1, 0.15) is 18.4 Å². The first-order chi connectivity index (χ1) is 13.1. The highest BCUT2D eigenvalue weighted by Crippen LogP contribution is 2.17. The number of likely N-dealkylation sites (tertiary alicyclic amines) is 1. The molecule has 1 saturated heterocycles. The number of hydrogen-bond donors (Lipinski definition) is 2. The predicted octanol–water partition coefficient (Wildman–Crippen LogP) is 3.66. The molecule has 7 heteroatoms. The molecule has 2 N–H and O–H groups in total. The van der Waals surface area contributed by atoms with Crippen LogP contribution >= 0.6 is 11.6 Å². The molecule has 1 heterocycles. The summed E-state index contributed by atoms with van der Waals surface area (Å²) in [6, 6.07) is 14.3. The average Bonchev–Trinajstić information content (AvgIpc) is 3.05. The van der Waals surface area contributed by atoms with Gasteiger partial charge in [0.15, 0.2) is 0 Å². The summed E-state index contributed by atoms with van der Waals surface area (Å²) >= 11 is 5.82. The maximum Gasteiger partial charge on any atom is 0.319 e. The van der Waals surface area contributed by atoms with Crippen LogP contribution in [0.3, 0.4) is 0 Å². The van der Waals surface area contributed by atoms with Crippen LogP contribution in [0.5, 0.6) is 5.75 Å². The minimum Gasteiger partial charge on any atom is -0.492 e. The predicted molar refractivity (Wildman–Crippen MR) is 105 cm³/mol. The molecule has 0 bridgehead atoms. The molecule has 2 aromatic carbocycles. The van der Waals surface area contributed by atoms with E-state index in [4.69, 9.17) is 16.3 Å². The SMILES string of the molecule is O=C(NCCOc1ccc(Cl)cc1)Nc1cccc(CN2CCCC2=O)c1. The smallest absolute Gasteiger partial charge is 0.319 e. The monoisotopic (exact) mass is 387 g/mol. The Hall–Kier alpha value is -2.73. The molecule has 1 aliphatic rings. The Kier molecular flexibility index (Phi) is 6.54. The van der Waals surface area contributed by atoms with Crippen molar-refractivity contribution in [2.24, 2.45) is 0 Å². The number of urea groups is 1. The van der Waals surface area contributed by atoms with Crippen LogP contribution in [0.25, 0.3) is 0 Å². The van der Waals surface area contributed by atoms with Crippen molar-refractivity contribution < 1.29 is 14.3 Å². The number of benzene rings is 2. The van der Waals surface area contributed by atoms with Crippen molar-refractivity contribution in [3.63, 3.8) is 0 Å². The minimum atomic E-state index is -0.302.